The Kier molecular flexibility index (Phi) is 3.88. The van der Waals surface area contributed by atoms with Crippen LogP contribution < -0.4 is 0 Å². The van der Waals surface area contributed by atoms with Gasteiger partial charge in [-0.3, -0.25) is 14.5 Å². The van der Waals surface area contributed by atoms with Crippen LogP contribution in [0, 0.1) is 11.8 Å². The molecule has 1 aliphatic heterocycles. The molecule has 1 heterocycles. The van der Waals surface area contributed by atoms with Crippen molar-refractivity contribution < 1.29 is 19.5 Å². The van der Waals surface area contributed by atoms with Crippen molar-refractivity contribution in [2.45, 2.75) is 26.3 Å². The molecule has 20 heavy (non-hydrogen) atoms. The molecule has 0 saturated carbocycles. The van der Waals surface area contributed by atoms with Crippen LogP contribution in [0.25, 0.3) is 0 Å². The summed E-state index contributed by atoms with van der Waals surface area (Å²) in [5, 5.41) is 9.36. The van der Waals surface area contributed by atoms with Crippen LogP contribution in [-0.4, -0.2) is 33.8 Å². The fourth-order valence-corrected chi connectivity index (χ4v) is 2.41. The number of amides is 2. The summed E-state index contributed by atoms with van der Waals surface area (Å²) in [6, 6.07) is 7.86. The maximum atomic E-state index is 12.1. The van der Waals surface area contributed by atoms with Gasteiger partial charge in [0.05, 0.1) is 0 Å². The molecule has 3 unspecified atom stereocenters. The topological polar surface area (TPSA) is 74.7 Å². The average molecular weight is 275 g/mol. The SMILES string of the molecule is CC1C(=O)N(C(Cc2ccccc2)C(=O)O)C(=O)C1C. The molecule has 1 aliphatic rings. The minimum absolute atomic E-state index is 0.132. The first-order valence-electron chi connectivity index (χ1n) is 6.57. The lowest BCUT2D eigenvalue weighted by Gasteiger charge is -2.23. The Morgan fingerprint density at radius 2 is 1.65 bits per heavy atom. The second kappa shape index (κ2) is 5.45. The Hall–Kier alpha value is -2.17. The quantitative estimate of drug-likeness (QED) is 0.841. The van der Waals surface area contributed by atoms with Gasteiger partial charge < -0.3 is 5.11 Å². The van der Waals surface area contributed by atoms with Gasteiger partial charge >= 0.3 is 5.97 Å². The van der Waals surface area contributed by atoms with E-state index in [0.717, 1.165) is 10.5 Å². The van der Waals surface area contributed by atoms with Gasteiger partial charge in [-0.15, -0.1) is 0 Å². The molecule has 1 aromatic rings. The van der Waals surface area contributed by atoms with Crippen molar-refractivity contribution in [1.82, 2.24) is 4.90 Å². The molecule has 106 valence electrons. The van der Waals surface area contributed by atoms with Gasteiger partial charge in [-0.2, -0.15) is 0 Å². The summed E-state index contributed by atoms with van der Waals surface area (Å²) in [5.41, 5.74) is 0.785. The maximum absolute atomic E-state index is 12.1. The number of rotatable bonds is 4. The monoisotopic (exact) mass is 275 g/mol. The fraction of sp³-hybridized carbons (Fsp3) is 0.400. The molecule has 0 aliphatic carbocycles. The Morgan fingerprint density at radius 3 is 2.10 bits per heavy atom. The van der Waals surface area contributed by atoms with Crippen molar-refractivity contribution in [2.24, 2.45) is 11.8 Å². The van der Waals surface area contributed by atoms with Gasteiger partial charge in [0.2, 0.25) is 11.8 Å². The highest BCUT2D eigenvalue weighted by atomic mass is 16.4. The predicted octanol–water partition coefficient (Wildman–Crippen LogP) is 1.32. The number of carboxylic acid groups (broad SMARTS) is 1. The summed E-state index contributed by atoms with van der Waals surface area (Å²) in [4.78, 5) is 36.6. The van der Waals surface area contributed by atoms with Crippen LogP contribution in [0.4, 0.5) is 0 Å². The summed E-state index contributed by atoms with van der Waals surface area (Å²) in [6.07, 6.45) is 0.132. The standard InChI is InChI=1S/C15H17NO4/c1-9-10(2)14(18)16(13(9)17)12(15(19)20)8-11-6-4-3-5-7-11/h3-7,9-10,12H,8H2,1-2H3,(H,19,20). The van der Waals surface area contributed by atoms with Crippen LogP contribution in [0.2, 0.25) is 0 Å². The van der Waals surface area contributed by atoms with Crippen molar-refractivity contribution in [3.05, 3.63) is 35.9 Å². The summed E-state index contributed by atoms with van der Waals surface area (Å²) in [5.74, 6) is -2.87. The molecule has 3 atom stereocenters. The lowest BCUT2D eigenvalue weighted by atomic mass is 10.00. The van der Waals surface area contributed by atoms with Gasteiger partial charge in [0.1, 0.15) is 6.04 Å². The largest absolute Gasteiger partial charge is 0.480 e. The van der Waals surface area contributed by atoms with Crippen molar-refractivity contribution in [3.8, 4) is 0 Å². The minimum atomic E-state index is -1.16. The molecule has 1 fully saturated rings. The Balaban J connectivity index is 2.28. The van der Waals surface area contributed by atoms with Crippen molar-refractivity contribution in [2.75, 3.05) is 0 Å². The first kappa shape index (κ1) is 14.2. The first-order chi connectivity index (χ1) is 9.43. The second-order valence-electron chi connectivity index (χ2n) is 5.17. The number of nitrogens with zero attached hydrogens (tertiary/aromatic N) is 1. The van der Waals surface area contributed by atoms with Crippen LogP contribution >= 0.6 is 0 Å². The molecule has 0 bridgehead atoms. The number of hydrogen-bond acceptors (Lipinski definition) is 3. The number of benzene rings is 1. The van der Waals surface area contributed by atoms with E-state index in [-0.39, 0.29) is 6.42 Å². The highest BCUT2D eigenvalue weighted by Gasteiger charge is 2.47. The van der Waals surface area contributed by atoms with Crippen LogP contribution in [0.15, 0.2) is 30.3 Å². The Morgan fingerprint density at radius 1 is 1.15 bits per heavy atom. The zero-order valence-electron chi connectivity index (χ0n) is 11.4. The summed E-state index contributed by atoms with van der Waals surface area (Å²) in [7, 11) is 0. The number of aliphatic carboxylic acids is 1. The average Bonchev–Trinajstić information content (AvgIpc) is 2.62. The molecule has 1 N–H and O–H groups in total. The third-order valence-electron chi connectivity index (χ3n) is 3.87. The van der Waals surface area contributed by atoms with E-state index in [2.05, 4.69) is 0 Å². The molecular formula is C15H17NO4. The van der Waals surface area contributed by atoms with Gasteiger partial charge in [0.15, 0.2) is 0 Å². The van der Waals surface area contributed by atoms with Crippen LogP contribution in [0.1, 0.15) is 19.4 Å². The van der Waals surface area contributed by atoms with Crippen molar-refractivity contribution in [3.63, 3.8) is 0 Å². The molecule has 0 radical (unpaired) electrons. The number of likely N-dealkylation sites (tertiary alicyclic amines) is 1. The summed E-state index contributed by atoms with van der Waals surface area (Å²) in [6.45, 7) is 3.32. The van der Waals surface area contributed by atoms with E-state index in [1.54, 1.807) is 38.1 Å². The summed E-state index contributed by atoms with van der Waals surface area (Å²) < 4.78 is 0. The Labute approximate surface area is 117 Å². The van der Waals surface area contributed by atoms with Gasteiger partial charge in [-0.05, 0) is 5.56 Å². The van der Waals surface area contributed by atoms with Gasteiger partial charge in [-0.25, -0.2) is 4.79 Å². The molecule has 5 heteroatoms. The lowest BCUT2D eigenvalue weighted by Crippen LogP contribution is -2.46. The van der Waals surface area contributed by atoms with E-state index >= 15 is 0 Å². The van der Waals surface area contributed by atoms with Crippen LogP contribution in [0.3, 0.4) is 0 Å². The Bertz CT molecular complexity index is 520. The highest BCUT2D eigenvalue weighted by Crippen LogP contribution is 2.28. The molecule has 2 amide bonds. The zero-order valence-corrected chi connectivity index (χ0v) is 11.4. The number of hydrogen-bond donors (Lipinski definition) is 1. The molecule has 1 aromatic carbocycles. The van der Waals surface area contributed by atoms with Crippen molar-refractivity contribution in [1.29, 1.82) is 0 Å². The van der Waals surface area contributed by atoms with E-state index in [1.807, 2.05) is 6.07 Å². The first-order valence-corrected chi connectivity index (χ1v) is 6.57. The van der Waals surface area contributed by atoms with Gasteiger partial charge in [0.25, 0.3) is 0 Å². The minimum Gasteiger partial charge on any atom is -0.480 e. The molecule has 5 nitrogen and oxygen atoms in total. The highest BCUT2D eigenvalue weighted by molar-refractivity contribution is 6.07. The van der Waals surface area contributed by atoms with E-state index < -0.39 is 35.7 Å². The van der Waals surface area contributed by atoms with E-state index in [4.69, 9.17) is 0 Å². The number of carboxylic acids is 1. The zero-order chi connectivity index (χ0) is 14.9. The third kappa shape index (κ3) is 2.43. The summed E-state index contributed by atoms with van der Waals surface area (Å²) >= 11 is 0. The molecule has 1 saturated heterocycles. The van der Waals surface area contributed by atoms with Gasteiger partial charge in [0, 0.05) is 18.3 Å². The number of carbonyl (C=O) groups excluding carboxylic acids is 2. The maximum Gasteiger partial charge on any atom is 0.327 e. The number of imide groups is 1. The normalized spacial score (nSPS) is 24.0. The molecule has 2 rings (SSSR count). The second-order valence-corrected chi connectivity index (χ2v) is 5.17. The van der Waals surface area contributed by atoms with Gasteiger partial charge in [-0.1, -0.05) is 44.2 Å². The smallest absolute Gasteiger partial charge is 0.327 e. The fourth-order valence-electron chi connectivity index (χ4n) is 2.41. The van der Waals surface area contributed by atoms with Crippen LogP contribution in [0.5, 0.6) is 0 Å². The molecular weight excluding hydrogens is 258 g/mol. The lowest BCUT2D eigenvalue weighted by molar-refractivity contribution is -0.154. The molecule has 0 aromatic heterocycles. The predicted molar refractivity (Wildman–Crippen MR) is 71.8 cm³/mol. The van der Waals surface area contributed by atoms with E-state index in [1.165, 1.54) is 0 Å². The molecule has 0 spiro atoms. The third-order valence-corrected chi connectivity index (χ3v) is 3.87. The van der Waals surface area contributed by atoms with E-state index in [9.17, 15) is 19.5 Å². The van der Waals surface area contributed by atoms with Crippen molar-refractivity contribution >= 4 is 17.8 Å². The van der Waals surface area contributed by atoms with Crippen LogP contribution in [-0.2, 0) is 20.8 Å². The van der Waals surface area contributed by atoms with E-state index in [0.29, 0.717) is 0 Å². The number of carbonyl (C=O) groups is 3.